The number of hydrogen-bond acceptors (Lipinski definition) is 5. The van der Waals surface area contributed by atoms with E-state index in [0.717, 1.165) is 38.3 Å². The van der Waals surface area contributed by atoms with Crippen LogP contribution in [-0.2, 0) is 17.1 Å². The molecule has 1 saturated heterocycles. The SMILES string of the molecule is O=C(CSCc1ccc([N+](=O)[O-])cc1)N1CCN(Cc2ccccc2)CC1. The van der Waals surface area contributed by atoms with Gasteiger partial charge >= 0.3 is 0 Å². The Morgan fingerprint density at radius 1 is 0.963 bits per heavy atom. The molecule has 1 amide bonds. The summed E-state index contributed by atoms with van der Waals surface area (Å²) < 4.78 is 0. The van der Waals surface area contributed by atoms with Crippen molar-refractivity contribution in [1.82, 2.24) is 9.80 Å². The fourth-order valence-electron chi connectivity index (χ4n) is 3.06. The molecule has 0 bridgehead atoms. The predicted octanol–water partition coefficient (Wildman–Crippen LogP) is 3.17. The van der Waals surface area contributed by atoms with Crippen LogP contribution in [0.4, 0.5) is 5.69 Å². The van der Waals surface area contributed by atoms with Crippen molar-refractivity contribution in [1.29, 1.82) is 0 Å². The molecule has 0 spiro atoms. The first-order valence-electron chi connectivity index (χ1n) is 8.97. The summed E-state index contributed by atoms with van der Waals surface area (Å²) in [7, 11) is 0. The zero-order chi connectivity index (χ0) is 19.1. The van der Waals surface area contributed by atoms with Crippen molar-refractivity contribution in [2.24, 2.45) is 0 Å². The second-order valence-corrected chi connectivity index (χ2v) is 7.54. The number of rotatable bonds is 7. The summed E-state index contributed by atoms with van der Waals surface area (Å²) in [5, 5.41) is 10.7. The number of nitro benzene ring substituents is 1. The van der Waals surface area contributed by atoms with E-state index in [2.05, 4.69) is 29.2 Å². The summed E-state index contributed by atoms with van der Waals surface area (Å²) in [6.07, 6.45) is 0. The van der Waals surface area contributed by atoms with Gasteiger partial charge in [0.05, 0.1) is 10.7 Å². The van der Waals surface area contributed by atoms with Crippen molar-refractivity contribution >= 4 is 23.4 Å². The van der Waals surface area contributed by atoms with Crippen molar-refractivity contribution in [2.45, 2.75) is 12.3 Å². The largest absolute Gasteiger partial charge is 0.339 e. The minimum Gasteiger partial charge on any atom is -0.339 e. The van der Waals surface area contributed by atoms with Gasteiger partial charge in [0.1, 0.15) is 0 Å². The van der Waals surface area contributed by atoms with Crippen LogP contribution in [0.3, 0.4) is 0 Å². The first-order valence-corrected chi connectivity index (χ1v) is 10.1. The quantitative estimate of drug-likeness (QED) is 0.541. The molecular formula is C20H23N3O3S. The number of hydrogen-bond donors (Lipinski definition) is 0. The number of carbonyl (C=O) groups excluding carboxylic acids is 1. The number of non-ortho nitro benzene ring substituents is 1. The van der Waals surface area contributed by atoms with E-state index in [-0.39, 0.29) is 11.6 Å². The molecule has 3 rings (SSSR count). The summed E-state index contributed by atoms with van der Waals surface area (Å²) in [6, 6.07) is 16.9. The van der Waals surface area contributed by atoms with Gasteiger partial charge in [-0.1, -0.05) is 42.5 Å². The first kappa shape index (κ1) is 19.4. The van der Waals surface area contributed by atoms with Crippen LogP contribution in [0.25, 0.3) is 0 Å². The molecule has 0 aromatic heterocycles. The molecule has 27 heavy (non-hydrogen) atoms. The summed E-state index contributed by atoms with van der Waals surface area (Å²) in [5.74, 6) is 1.29. The van der Waals surface area contributed by atoms with Gasteiger partial charge in [-0.25, -0.2) is 0 Å². The summed E-state index contributed by atoms with van der Waals surface area (Å²) in [6.45, 7) is 4.26. The number of benzene rings is 2. The molecule has 0 unspecified atom stereocenters. The molecule has 1 heterocycles. The Morgan fingerprint density at radius 3 is 2.26 bits per heavy atom. The minimum atomic E-state index is -0.405. The standard InChI is InChI=1S/C20H23N3O3S/c24-20(16-27-15-18-6-8-19(9-7-18)23(25)26)22-12-10-21(11-13-22)14-17-4-2-1-3-5-17/h1-9H,10-16H2. The molecule has 142 valence electrons. The molecule has 6 nitrogen and oxygen atoms in total. The summed E-state index contributed by atoms with van der Waals surface area (Å²) in [5.41, 5.74) is 2.38. The van der Waals surface area contributed by atoms with E-state index < -0.39 is 4.92 Å². The Morgan fingerprint density at radius 2 is 1.63 bits per heavy atom. The first-order chi connectivity index (χ1) is 13.1. The Balaban J connectivity index is 1.37. The number of piperazine rings is 1. The van der Waals surface area contributed by atoms with E-state index >= 15 is 0 Å². The monoisotopic (exact) mass is 385 g/mol. The maximum atomic E-state index is 12.4. The van der Waals surface area contributed by atoms with Crippen molar-refractivity contribution in [3.8, 4) is 0 Å². The number of nitrogens with zero attached hydrogens (tertiary/aromatic N) is 3. The van der Waals surface area contributed by atoms with Gasteiger partial charge in [0.15, 0.2) is 0 Å². The molecule has 0 atom stereocenters. The Hall–Kier alpha value is -2.38. The van der Waals surface area contributed by atoms with Crippen LogP contribution in [0, 0.1) is 10.1 Å². The van der Waals surface area contributed by atoms with E-state index in [9.17, 15) is 14.9 Å². The minimum absolute atomic E-state index is 0.0909. The highest BCUT2D eigenvalue weighted by atomic mass is 32.2. The van der Waals surface area contributed by atoms with Gasteiger partial charge in [-0.3, -0.25) is 19.8 Å². The van der Waals surface area contributed by atoms with Crippen LogP contribution in [0.2, 0.25) is 0 Å². The zero-order valence-corrected chi connectivity index (χ0v) is 15.9. The fourth-order valence-corrected chi connectivity index (χ4v) is 3.95. The molecule has 2 aromatic carbocycles. The smallest absolute Gasteiger partial charge is 0.269 e. The lowest BCUT2D eigenvalue weighted by Crippen LogP contribution is -2.48. The molecule has 1 aliphatic rings. The predicted molar refractivity (Wildman–Crippen MR) is 108 cm³/mol. The van der Waals surface area contributed by atoms with E-state index in [1.807, 2.05) is 11.0 Å². The normalized spacial score (nSPS) is 14.9. The second kappa shape index (κ2) is 9.53. The Bertz CT molecular complexity index is 760. The molecular weight excluding hydrogens is 362 g/mol. The van der Waals surface area contributed by atoms with Crippen molar-refractivity contribution in [2.75, 3.05) is 31.9 Å². The molecule has 0 N–H and O–H groups in total. The third-order valence-corrected chi connectivity index (χ3v) is 5.60. The van der Waals surface area contributed by atoms with Crippen molar-refractivity contribution in [3.63, 3.8) is 0 Å². The average molecular weight is 385 g/mol. The van der Waals surface area contributed by atoms with Gasteiger partial charge in [-0.2, -0.15) is 0 Å². The highest BCUT2D eigenvalue weighted by Gasteiger charge is 2.20. The van der Waals surface area contributed by atoms with Gasteiger partial charge in [0.2, 0.25) is 5.91 Å². The Kier molecular flexibility index (Phi) is 6.84. The number of thioether (sulfide) groups is 1. The summed E-state index contributed by atoms with van der Waals surface area (Å²) >= 11 is 1.55. The third kappa shape index (κ3) is 5.80. The number of nitro groups is 1. The number of carbonyl (C=O) groups is 1. The molecule has 0 saturated carbocycles. The molecule has 1 fully saturated rings. The van der Waals surface area contributed by atoms with E-state index in [4.69, 9.17) is 0 Å². The van der Waals surface area contributed by atoms with E-state index in [0.29, 0.717) is 11.5 Å². The molecule has 0 radical (unpaired) electrons. The highest BCUT2D eigenvalue weighted by molar-refractivity contribution is 7.99. The third-order valence-electron chi connectivity index (χ3n) is 4.62. The molecule has 7 heteroatoms. The van der Waals surface area contributed by atoms with Gasteiger partial charge in [-0.05, 0) is 11.1 Å². The zero-order valence-electron chi connectivity index (χ0n) is 15.1. The van der Waals surface area contributed by atoms with Crippen LogP contribution >= 0.6 is 11.8 Å². The van der Waals surface area contributed by atoms with Gasteiger partial charge in [0, 0.05) is 50.6 Å². The maximum absolute atomic E-state index is 12.4. The lowest BCUT2D eigenvalue weighted by Gasteiger charge is -2.34. The van der Waals surface area contributed by atoms with Crippen molar-refractivity contribution in [3.05, 3.63) is 75.8 Å². The number of amides is 1. The van der Waals surface area contributed by atoms with Crippen molar-refractivity contribution < 1.29 is 9.72 Å². The Labute approximate surface area is 163 Å². The molecule has 2 aromatic rings. The van der Waals surface area contributed by atoms with Crippen LogP contribution in [0.1, 0.15) is 11.1 Å². The fraction of sp³-hybridized carbons (Fsp3) is 0.350. The van der Waals surface area contributed by atoms with Gasteiger partial charge in [-0.15, -0.1) is 11.8 Å². The lowest BCUT2D eigenvalue weighted by atomic mass is 10.2. The summed E-state index contributed by atoms with van der Waals surface area (Å²) in [4.78, 5) is 27.0. The van der Waals surface area contributed by atoms with E-state index in [1.165, 1.54) is 17.7 Å². The van der Waals surface area contributed by atoms with Crippen LogP contribution in [0.5, 0.6) is 0 Å². The maximum Gasteiger partial charge on any atom is 0.269 e. The second-order valence-electron chi connectivity index (χ2n) is 6.56. The van der Waals surface area contributed by atoms with Gasteiger partial charge in [0.25, 0.3) is 5.69 Å². The van der Waals surface area contributed by atoms with Gasteiger partial charge < -0.3 is 4.90 Å². The topological polar surface area (TPSA) is 66.7 Å². The van der Waals surface area contributed by atoms with Crippen LogP contribution < -0.4 is 0 Å². The van der Waals surface area contributed by atoms with Crippen LogP contribution in [-0.4, -0.2) is 52.6 Å². The van der Waals surface area contributed by atoms with Crippen LogP contribution in [0.15, 0.2) is 54.6 Å². The highest BCUT2D eigenvalue weighted by Crippen LogP contribution is 2.17. The molecule has 0 aliphatic carbocycles. The molecule has 1 aliphatic heterocycles. The lowest BCUT2D eigenvalue weighted by molar-refractivity contribution is -0.384. The van der Waals surface area contributed by atoms with E-state index in [1.54, 1.807) is 23.9 Å². The average Bonchev–Trinajstić information content (AvgIpc) is 2.69.